The smallest absolute Gasteiger partial charge is 0.0589 e. The van der Waals surface area contributed by atoms with Crippen LogP contribution in [0.2, 0.25) is 0 Å². The first-order chi connectivity index (χ1) is 9.36. The third-order valence-electron chi connectivity index (χ3n) is 2.96. The highest BCUT2D eigenvalue weighted by Gasteiger charge is 2.03. The largest absolute Gasteiger partial charge is 0.383 e. The first-order valence-electron chi connectivity index (χ1n) is 6.80. The van der Waals surface area contributed by atoms with Gasteiger partial charge in [0.15, 0.2) is 0 Å². The monoisotopic (exact) mass is 286 g/mol. The third-order valence-corrected chi connectivity index (χ3v) is 3.89. The lowest BCUT2D eigenvalue weighted by Gasteiger charge is -2.21. The van der Waals surface area contributed by atoms with Gasteiger partial charge in [-0.15, -0.1) is 11.3 Å². The van der Waals surface area contributed by atoms with Crippen LogP contribution in [0, 0.1) is 0 Å². The number of nitrogens with one attached hydrogen (secondary N) is 1. The molecule has 1 heterocycles. The number of rotatable bonds is 12. The minimum atomic E-state index is 0.777. The van der Waals surface area contributed by atoms with Crippen molar-refractivity contribution in [3.8, 4) is 0 Å². The Labute approximate surface area is 120 Å². The summed E-state index contributed by atoms with van der Waals surface area (Å²) in [5.41, 5.74) is 0. The molecule has 1 rings (SSSR count). The maximum atomic E-state index is 5.13. The lowest BCUT2D eigenvalue weighted by molar-refractivity contribution is 0.114. The van der Waals surface area contributed by atoms with Gasteiger partial charge in [0.2, 0.25) is 0 Å². The molecule has 110 valence electrons. The highest BCUT2D eigenvalue weighted by molar-refractivity contribution is 7.09. The Bertz CT molecular complexity index is 286. The molecule has 0 aromatic carbocycles. The van der Waals surface area contributed by atoms with Crippen LogP contribution in [0.3, 0.4) is 0 Å². The van der Waals surface area contributed by atoms with Crippen LogP contribution < -0.4 is 5.32 Å². The van der Waals surface area contributed by atoms with Gasteiger partial charge in [0.25, 0.3) is 0 Å². The van der Waals surface area contributed by atoms with E-state index in [2.05, 4.69) is 27.7 Å². The molecule has 0 aliphatic carbocycles. The van der Waals surface area contributed by atoms with Gasteiger partial charge < -0.3 is 14.8 Å². The number of thiophene rings is 1. The van der Waals surface area contributed by atoms with Crippen molar-refractivity contribution in [1.82, 2.24) is 10.2 Å². The fourth-order valence-electron chi connectivity index (χ4n) is 1.80. The Kier molecular flexibility index (Phi) is 9.93. The molecule has 19 heavy (non-hydrogen) atoms. The summed E-state index contributed by atoms with van der Waals surface area (Å²) < 4.78 is 10.3. The second-order valence-corrected chi connectivity index (χ2v) is 5.44. The first kappa shape index (κ1) is 16.6. The molecule has 5 heteroatoms. The molecule has 0 aliphatic heterocycles. The fourth-order valence-corrected chi connectivity index (χ4v) is 2.51. The minimum Gasteiger partial charge on any atom is -0.383 e. The highest BCUT2D eigenvalue weighted by atomic mass is 32.1. The van der Waals surface area contributed by atoms with Crippen LogP contribution >= 0.6 is 11.3 Å². The second-order valence-electron chi connectivity index (χ2n) is 4.41. The van der Waals surface area contributed by atoms with Crippen LogP contribution in [-0.4, -0.2) is 65.1 Å². The van der Waals surface area contributed by atoms with Crippen molar-refractivity contribution < 1.29 is 9.47 Å². The Balaban J connectivity index is 2.05. The average Bonchev–Trinajstić information content (AvgIpc) is 2.93. The molecule has 0 aliphatic rings. The van der Waals surface area contributed by atoms with Gasteiger partial charge in [-0.25, -0.2) is 0 Å². The van der Waals surface area contributed by atoms with E-state index in [9.17, 15) is 0 Å². The van der Waals surface area contributed by atoms with Gasteiger partial charge in [0.1, 0.15) is 0 Å². The van der Waals surface area contributed by atoms with Crippen LogP contribution in [0.1, 0.15) is 4.88 Å². The molecule has 1 aromatic heterocycles. The van der Waals surface area contributed by atoms with E-state index in [-0.39, 0.29) is 0 Å². The lowest BCUT2D eigenvalue weighted by Crippen LogP contribution is -2.37. The maximum Gasteiger partial charge on any atom is 0.0589 e. The quantitative estimate of drug-likeness (QED) is 0.590. The SMILES string of the molecule is COCCN(CCNCCc1cccs1)CCOC. The average molecular weight is 286 g/mol. The van der Waals surface area contributed by atoms with Crippen molar-refractivity contribution in [3.05, 3.63) is 22.4 Å². The van der Waals surface area contributed by atoms with Crippen molar-refractivity contribution in [2.45, 2.75) is 6.42 Å². The molecule has 0 radical (unpaired) electrons. The van der Waals surface area contributed by atoms with E-state index in [0.29, 0.717) is 0 Å². The van der Waals surface area contributed by atoms with Gasteiger partial charge in [-0.2, -0.15) is 0 Å². The summed E-state index contributed by atoms with van der Waals surface area (Å²) in [5.74, 6) is 0. The molecule has 0 bridgehead atoms. The van der Waals surface area contributed by atoms with Crippen molar-refractivity contribution in [3.63, 3.8) is 0 Å². The van der Waals surface area contributed by atoms with Crippen molar-refractivity contribution >= 4 is 11.3 Å². The lowest BCUT2D eigenvalue weighted by atomic mass is 10.3. The van der Waals surface area contributed by atoms with E-state index in [1.807, 2.05) is 11.3 Å². The van der Waals surface area contributed by atoms with Gasteiger partial charge >= 0.3 is 0 Å². The molecule has 4 nitrogen and oxygen atoms in total. The van der Waals surface area contributed by atoms with Gasteiger partial charge in [-0.3, -0.25) is 4.90 Å². The van der Waals surface area contributed by atoms with E-state index in [4.69, 9.17) is 9.47 Å². The molecule has 0 spiro atoms. The highest BCUT2D eigenvalue weighted by Crippen LogP contribution is 2.07. The van der Waals surface area contributed by atoms with Crippen LogP contribution in [-0.2, 0) is 15.9 Å². The molecule has 0 saturated heterocycles. The fraction of sp³-hybridized carbons (Fsp3) is 0.714. The summed E-state index contributed by atoms with van der Waals surface area (Å²) in [6, 6.07) is 4.30. The Morgan fingerprint density at radius 1 is 1.11 bits per heavy atom. The van der Waals surface area contributed by atoms with Gasteiger partial charge in [0.05, 0.1) is 13.2 Å². The molecule has 0 amide bonds. The zero-order chi connectivity index (χ0) is 13.8. The molecule has 0 fully saturated rings. The van der Waals surface area contributed by atoms with Crippen molar-refractivity contribution in [2.75, 3.05) is 60.2 Å². The normalized spacial score (nSPS) is 11.3. The summed E-state index contributed by atoms with van der Waals surface area (Å²) >= 11 is 1.83. The Hall–Kier alpha value is -0.460. The molecule has 1 aromatic rings. The molecule has 0 saturated carbocycles. The second kappa shape index (κ2) is 11.4. The van der Waals surface area contributed by atoms with Crippen LogP contribution in [0.15, 0.2) is 17.5 Å². The zero-order valence-corrected chi connectivity index (χ0v) is 12.9. The predicted molar refractivity (Wildman–Crippen MR) is 81.1 cm³/mol. The number of nitrogens with zero attached hydrogens (tertiary/aromatic N) is 1. The zero-order valence-electron chi connectivity index (χ0n) is 12.1. The summed E-state index contributed by atoms with van der Waals surface area (Å²) in [5, 5.41) is 5.62. The third kappa shape index (κ3) is 8.34. The number of hydrogen-bond donors (Lipinski definition) is 1. The maximum absolute atomic E-state index is 5.13. The van der Waals surface area contributed by atoms with Crippen LogP contribution in [0.4, 0.5) is 0 Å². The molecular formula is C14H26N2O2S. The standard InChI is InChI=1S/C14H26N2O2S/c1-17-11-9-16(10-12-18-2)8-7-15-6-5-14-4-3-13-19-14/h3-4,13,15H,5-12H2,1-2H3. The molecule has 0 unspecified atom stereocenters. The summed E-state index contributed by atoms with van der Waals surface area (Å²) in [6.07, 6.45) is 1.12. The first-order valence-corrected chi connectivity index (χ1v) is 7.68. The van der Waals surface area contributed by atoms with Crippen molar-refractivity contribution in [2.24, 2.45) is 0 Å². The number of ether oxygens (including phenoxy) is 2. The van der Waals surface area contributed by atoms with E-state index in [0.717, 1.165) is 52.4 Å². The molecular weight excluding hydrogens is 260 g/mol. The number of methoxy groups -OCH3 is 2. The molecule has 1 N–H and O–H groups in total. The van der Waals surface area contributed by atoms with Crippen molar-refractivity contribution in [1.29, 1.82) is 0 Å². The Morgan fingerprint density at radius 2 is 1.84 bits per heavy atom. The molecule has 0 atom stereocenters. The number of hydrogen-bond acceptors (Lipinski definition) is 5. The van der Waals surface area contributed by atoms with E-state index < -0.39 is 0 Å². The van der Waals surface area contributed by atoms with Gasteiger partial charge in [-0.05, 0) is 17.9 Å². The van der Waals surface area contributed by atoms with Gasteiger partial charge in [0, 0.05) is 51.8 Å². The summed E-state index contributed by atoms with van der Waals surface area (Å²) in [7, 11) is 3.49. The van der Waals surface area contributed by atoms with E-state index >= 15 is 0 Å². The van der Waals surface area contributed by atoms with E-state index in [1.165, 1.54) is 4.88 Å². The Morgan fingerprint density at radius 3 is 2.42 bits per heavy atom. The van der Waals surface area contributed by atoms with Gasteiger partial charge in [-0.1, -0.05) is 6.07 Å². The summed E-state index contributed by atoms with van der Waals surface area (Å²) in [4.78, 5) is 3.81. The topological polar surface area (TPSA) is 33.7 Å². The minimum absolute atomic E-state index is 0.777. The van der Waals surface area contributed by atoms with Crippen LogP contribution in [0.25, 0.3) is 0 Å². The predicted octanol–water partition coefficient (Wildman–Crippen LogP) is 1.47. The van der Waals surface area contributed by atoms with Crippen LogP contribution in [0.5, 0.6) is 0 Å². The summed E-state index contributed by atoms with van der Waals surface area (Å²) in [6.45, 7) is 6.58. The van der Waals surface area contributed by atoms with E-state index in [1.54, 1.807) is 14.2 Å².